The summed E-state index contributed by atoms with van der Waals surface area (Å²) >= 11 is 0. The van der Waals surface area contributed by atoms with E-state index in [4.69, 9.17) is 10.5 Å². The molecule has 0 heterocycles. The topological polar surface area (TPSA) is 81.4 Å². The Morgan fingerprint density at radius 1 is 1.18 bits per heavy atom. The SMILES string of the molecule is CCOC(=O)CC(C)(C)NC(=O)CC(C)(C)N. The normalized spacial score (nSPS) is 12.1. The fraction of sp³-hybridized carbons (Fsp3) is 0.833. The van der Waals surface area contributed by atoms with Crippen molar-refractivity contribution in [3.8, 4) is 0 Å². The molecule has 0 bridgehead atoms. The molecular weight excluding hydrogens is 220 g/mol. The van der Waals surface area contributed by atoms with Crippen molar-refractivity contribution in [1.29, 1.82) is 0 Å². The Balaban J connectivity index is 4.25. The van der Waals surface area contributed by atoms with Crippen LogP contribution in [0.2, 0.25) is 0 Å². The van der Waals surface area contributed by atoms with Crippen LogP contribution in [0.3, 0.4) is 0 Å². The van der Waals surface area contributed by atoms with Crippen LogP contribution in [-0.4, -0.2) is 29.6 Å². The average Bonchev–Trinajstić information content (AvgIpc) is 1.96. The first-order valence-electron chi connectivity index (χ1n) is 5.81. The van der Waals surface area contributed by atoms with Crippen LogP contribution >= 0.6 is 0 Å². The highest BCUT2D eigenvalue weighted by molar-refractivity contribution is 5.79. The minimum Gasteiger partial charge on any atom is -0.466 e. The van der Waals surface area contributed by atoms with E-state index in [2.05, 4.69) is 5.32 Å². The van der Waals surface area contributed by atoms with Gasteiger partial charge in [0, 0.05) is 17.5 Å². The van der Waals surface area contributed by atoms with Gasteiger partial charge < -0.3 is 15.8 Å². The van der Waals surface area contributed by atoms with Gasteiger partial charge in [0.1, 0.15) is 0 Å². The smallest absolute Gasteiger partial charge is 0.308 e. The zero-order valence-electron chi connectivity index (χ0n) is 11.4. The highest BCUT2D eigenvalue weighted by atomic mass is 16.5. The zero-order chi connectivity index (χ0) is 13.7. The largest absolute Gasteiger partial charge is 0.466 e. The lowest BCUT2D eigenvalue weighted by Crippen LogP contribution is -2.48. The third kappa shape index (κ3) is 8.68. The van der Waals surface area contributed by atoms with Gasteiger partial charge in [-0.15, -0.1) is 0 Å². The predicted molar refractivity (Wildman–Crippen MR) is 66.4 cm³/mol. The first-order valence-corrected chi connectivity index (χ1v) is 5.81. The van der Waals surface area contributed by atoms with E-state index < -0.39 is 11.1 Å². The summed E-state index contributed by atoms with van der Waals surface area (Å²) in [6.07, 6.45) is 0.372. The van der Waals surface area contributed by atoms with E-state index in [-0.39, 0.29) is 24.7 Å². The molecule has 0 aromatic carbocycles. The lowest BCUT2D eigenvalue weighted by molar-refractivity contribution is -0.144. The van der Waals surface area contributed by atoms with Crippen LogP contribution in [0.15, 0.2) is 0 Å². The van der Waals surface area contributed by atoms with E-state index in [1.54, 1.807) is 34.6 Å². The molecule has 0 saturated heterocycles. The number of nitrogens with two attached hydrogens (primary N) is 1. The van der Waals surface area contributed by atoms with Crippen molar-refractivity contribution in [2.24, 2.45) is 5.73 Å². The molecule has 0 aliphatic rings. The molecule has 17 heavy (non-hydrogen) atoms. The lowest BCUT2D eigenvalue weighted by Gasteiger charge is -2.27. The van der Waals surface area contributed by atoms with Gasteiger partial charge in [0.25, 0.3) is 0 Å². The number of esters is 1. The molecule has 0 unspecified atom stereocenters. The number of amides is 1. The van der Waals surface area contributed by atoms with Crippen LogP contribution < -0.4 is 11.1 Å². The van der Waals surface area contributed by atoms with Crippen molar-refractivity contribution in [1.82, 2.24) is 5.32 Å². The van der Waals surface area contributed by atoms with E-state index in [0.717, 1.165) is 0 Å². The molecule has 0 saturated carbocycles. The second kappa shape index (κ2) is 6.00. The van der Waals surface area contributed by atoms with Crippen molar-refractivity contribution in [3.05, 3.63) is 0 Å². The summed E-state index contributed by atoms with van der Waals surface area (Å²) in [7, 11) is 0. The number of rotatable bonds is 6. The molecule has 0 aromatic heterocycles. The van der Waals surface area contributed by atoms with E-state index in [1.165, 1.54) is 0 Å². The Morgan fingerprint density at radius 2 is 1.71 bits per heavy atom. The number of hydrogen-bond donors (Lipinski definition) is 2. The van der Waals surface area contributed by atoms with Crippen molar-refractivity contribution in [2.75, 3.05) is 6.61 Å². The van der Waals surface area contributed by atoms with Gasteiger partial charge in [-0.2, -0.15) is 0 Å². The highest BCUT2D eigenvalue weighted by Crippen LogP contribution is 2.11. The molecule has 0 aliphatic heterocycles. The van der Waals surface area contributed by atoms with Gasteiger partial charge in [-0.25, -0.2) is 0 Å². The molecule has 0 spiro atoms. The minimum atomic E-state index is -0.616. The van der Waals surface area contributed by atoms with E-state index in [1.807, 2.05) is 0 Å². The van der Waals surface area contributed by atoms with E-state index in [0.29, 0.717) is 6.61 Å². The van der Waals surface area contributed by atoms with Crippen molar-refractivity contribution in [3.63, 3.8) is 0 Å². The number of nitrogens with one attached hydrogen (secondary N) is 1. The van der Waals surface area contributed by atoms with Gasteiger partial charge in [-0.05, 0) is 34.6 Å². The summed E-state index contributed by atoms with van der Waals surface area (Å²) in [4.78, 5) is 23.0. The Labute approximate surface area is 103 Å². The monoisotopic (exact) mass is 244 g/mol. The van der Waals surface area contributed by atoms with E-state index >= 15 is 0 Å². The number of carbonyl (C=O) groups is 2. The quantitative estimate of drug-likeness (QED) is 0.682. The van der Waals surface area contributed by atoms with Gasteiger partial charge in [0.05, 0.1) is 13.0 Å². The van der Waals surface area contributed by atoms with Crippen LogP contribution in [0.1, 0.15) is 47.5 Å². The molecule has 0 aromatic rings. The maximum atomic E-state index is 11.7. The first-order chi connectivity index (χ1) is 7.56. The summed E-state index contributed by atoms with van der Waals surface area (Å²) in [6, 6.07) is 0. The third-order valence-electron chi connectivity index (χ3n) is 1.99. The molecule has 5 heteroatoms. The number of ether oxygens (including phenoxy) is 1. The second-order valence-corrected chi connectivity index (χ2v) is 5.58. The maximum Gasteiger partial charge on any atom is 0.308 e. The average molecular weight is 244 g/mol. The summed E-state index contributed by atoms with van der Waals surface area (Å²) in [5.74, 6) is -0.475. The van der Waals surface area contributed by atoms with Gasteiger partial charge in [-0.1, -0.05) is 0 Å². The predicted octanol–water partition coefficient (Wildman–Crippen LogP) is 0.962. The van der Waals surface area contributed by atoms with Gasteiger partial charge in [0.2, 0.25) is 5.91 Å². The van der Waals surface area contributed by atoms with Crippen LogP contribution in [0.5, 0.6) is 0 Å². The molecule has 0 radical (unpaired) electrons. The summed E-state index contributed by atoms with van der Waals surface area (Å²) in [5.41, 5.74) is 4.58. The van der Waals surface area contributed by atoms with Crippen molar-refractivity contribution >= 4 is 11.9 Å². The molecule has 100 valence electrons. The second-order valence-electron chi connectivity index (χ2n) is 5.58. The minimum absolute atomic E-state index is 0.150. The molecular formula is C12H24N2O3. The molecule has 1 amide bonds. The van der Waals surface area contributed by atoms with Crippen LogP contribution in [0, 0.1) is 0 Å². The summed E-state index contributed by atoms with van der Waals surface area (Å²) in [6.45, 7) is 9.23. The molecule has 0 atom stereocenters. The fourth-order valence-electron chi connectivity index (χ4n) is 1.45. The molecule has 3 N–H and O–H groups in total. The highest BCUT2D eigenvalue weighted by Gasteiger charge is 2.26. The Morgan fingerprint density at radius 3 is 2.12 bits per heavy atom. The number of hydrogen-bond acceptors (Lipinski definition) is 4. The van der Waals surface area contributed by atoms with Crippen molar-refractivity contribution in [2.45, 2.75) is 58.5 Å². The molecule has 0 fully saturated rings. The summed E-state index contributed by atoms with van der Waals surface area (Å²) in [5, 5.41) is 2.78. The standard InChI is InChI=1S/C12H24N2O3/c1-6-17-10(16)8-12(4,5)14-9(15)7-11(2,3)13/h6-8,13H2,1-5H3,(H,14,15). The van der Waals surface area contributed by atoms with E-state index in [9.17, 15) is 9.59 Å². The number of carbonyl (C=O) groups excluding carboxylic acids is 2. The van der Waals surface area contributed by atoms with Crippen LogP contribution in [-0.2, 0) is 14.3 Å². The Kier molecular flexibility index (Phi) is 5.61. The molecule has 0 rings (SSSR count). The van der Waals surface area contributed by atoms with Gasteiger partial charge in [0.15, 0.2) is 0 Å². The Bertz CT molecular complexity index is 280. The zero-order valence-corrected chi connectivity index (χ0v) is 11.4. The lowest BCUT2D eigenvalue weighted by atomic mass is 9.97. The van der Waals surface area contributed by atoms with Gasteiger partial charge in [-0.3, -0.25) is 9.59 Å². The van der Waals surface area contributed by atoms with Crippen LogP contribution in [0.25, 0.3) is 0 Å². The van der Waals surface area contributed by atoms with Crippen molar-refractivity contribution < 1.29 is 14.3 Å². The van der Waals surface area contributed by atoms with Gasteiger partial charge >= 0.3 is 5.97 Å². The third-order valence-corrected chi connectivity index (χ3v) is 1.99. The maximum absolute atomic E-state index is 11.7. The molecule has 0 aliphatic carbocycles. The summed E-state index contributed by atoms with van der Waals surface area (Å²) < 4.78 is 4.85. The Hall–Kier alpha value is -1.10. The first kappa shape index (κ1) is 15.9. The fourth-order valence-corrected chi connectivity index (χ4v) is 1.45. The van der Waals surface area contributed by atoms with Crippen LogP contribution in [0.4, 0.5) is 0 Å². The molecule has 5 nitrogen and oxygen atoms in total.